The van der Waals surface area contributed by atoms with Crippen LogP contribution in [0.2, 0.25) is 0 Å². The first-order chi connectivity index (χ1) is 10.2. The predicted octanol–water partition coefficient (Wildman–Crippen LogP) is 0.172. The minimum Gasteiger partial charge on any atom is -0.423 e. The van der Waals surface area contributed by atoms with E-state index in [9.17, 15) is 10.1 Å². The molecule has 1 aliphatic rings. The summed E-state index contributed by atoms with van der Waals surface area (Å²) < 4.78 is 11.0. The molecule has 1 saturated heterocycles. The van der Waals surface area contributed by atoms with Gasteiger partial charge in [-0.1, -0.05) is 0 Å². The van der Waals surface area contributed by atoms with Gasteiger partial charge in [-0.25, -0.2) is 0 Å². The molecule has 0 bridgehead atoms. The van der Waals surface area contributed by atoms with Gasteiger partial charge in [0.1, 0.15) is 0 Å². The molecule has 1 aromatic heterocycles. The summed E-state index contributed by atoms with van der Waals surface area (Å²) in [7, 11) is -1.14. The first-order valence-corrected chi connectivity index (χ1v) is 7.56. The molecular formula is C15H25BN2O4. The number of aromatic nitrogens is 1. The lowest BCUT2D eigenvalue weighted by atomic mass is 9.77. The second kappa shape index (κ2) is 6.54. The van der Waals surface area contributed by atoms with E-state index in [1.807, 2.05) is 6.07 Å². The van der Waals surface area contributed by atoms with Gasteiger partial charge >= 0.3 is 7.12 Å². The average Bonchev–Trinajstić information content (AvgIpc) is 2.47. The summed E-state index contributed by atoms with van der Waals surface area (Å²) >= 11 is 0. The maximum absolute atomic E-state index is 10.3. The Morgan fingerprint density at radius 2 is 1.86 bits per heavy atom. The molecule has 22 heavy (non-hydrogen) atoms. The van der Waals surface area contributed by atoms with Crippen LogP contribution in [0.15, 0.2) is 18.5 Å². The van der Waals surface area contributed by atoms with Crippen LogP contribution < -0.4 is 10.4 Å². The SMILES string of the molecule is CC(C)(O)C(C)(C)OB(O)c1cncc(N2CCOCC2)c1. The molecule has 1 fully saturated rings. The van der Waals surface area contributed by atoms with E-state index in [0.717, 1.165) is 18.8 Å². The molecule has 0 aliphatic carbocycles. The maximum Gasteiger partial charge on any atom is 0.493 e. The van der Waals surface area contributed by atoms with Gasteiger partial charge in [0.2, 0.25) is 0 Å². The largest absolute Gasteiger partial charge is 0.493 e. The van der Waals surface area contributed by atoms with Gasteiger partial charge in [0, 0.05) is 24.7 Å². The minimum atomic E-state index is -1.14. The molecule has 0 spiro atoms. The number of aliphatic hydroxyl groups is 1. The lowest BCUT2D eigenvalue weighted by Crippen LogP contribution is -2.53. The van der Waals surface area contributed by atoms with Crippen molar-refractivity contribution in [2.75, 3.05) is 31.2 Å². The van der Waals surface area contributed by atoms with E-state index in [4.69, 9.17) is 9.39 Å². The van der Waals surface area contributed by atoms with Crippen LogP contribution in [-0.4, -0.2) is 59.7 Å². The molecule has 0 saturated carbocycles. The fourth-order valence-electron chi connectivity index (χ4n) is 2.07. The standard InChI is InChI=1S/C15H25BN2O4/c1-14(2,19)15(3,4)22-16(20)12-9-13(11-17-10-12)18-5-7-21-8-6-18/h9-11,19-20H,5-8H2,1-4H3. The van der Waals surface area contributed by atoms with Gasteiger partial charge < -0.3 is 24.4 Å². The van der Waals surface area contributed by atoms with E-state index in [2.05, 4.69) is 9.88 Å². The highest BCUT2D eigenvalue weighted by Crippen LogP contribution is 2.25. The molecule has 2 heterocycles. The van der Waals surface area contributed by atoms with E-state index in [0.29, 0.717) is 18.7 Å². The number of pyridine rings is 1. The zero-order valence-electron chi connectivity index (χ0n) is 13.7. The minimum absolute atomic E-state index is 0.571. The summed E-state index contributed by atoms with van der Waals surface area (Å²) in [6.07, 6.45) is 3.34. The van der Waals surface area contributed by atoms with E-state index < -0.39 is 18.3 Å². The topological polar surface area (TPSA) is 75.0 Å². The Hall–Kier alpha value is -1.15. The summed E-state index contributed by atoms with van der Waals surface area (Å²) in [5.41, 5.74) is -0.476. The highest BCUT2D eigenvalue weighted by molar-refractivity contribution is 6.60. The van der Waals surface area contributed by atoms with Gasteiger partial charge in [-0.2, -0.15) is 0 Å². The number of ether oxygens (including phenoxy) is 1. The maximum atomic E-state index is 10.3. The first-order valence-electron chi connectivity index (χ1n) is 7.56. The average molecular weight is 308 g/mol. The van der Waals surface area contributed by atoms with Crippen LogP contribution >= 0.6 is 0 Å². The molecule has 0 unspecified atom stereocenters. The zero-order valence-corrected chi connectivity index (χ0v) is 13.7. The Morgan fingerprint density at radius 1 is 1.23 bits per heavy atom. The Kier molecular flexibility index (Phi) is 5.12. The highest BCUT2D eigenvalue weighted by Gasteiger charge is 2.39. The fourth-order valence-corrected chi connectivity index (χ4v) is 2.07. The van der Waals surface area contributed by atoms with Crippen molar-refractivity contribution in [1.82, 2.24) is 4.98 Å². The molecule has 0 aromatic carbocycles. The normalized spacial score (nSPS) is 16.7. The van der Waals surface area contributed by atoms with Crippen molar-refractivity contribution >= 4 is 18.3 Å². The third kappa shape index (κ3) is 3.98. The van der Waals surface area contributed by atoms with Crippen molar-refractivity contribution < 1.29 is 19.5 Å². The Balaban J connectivity index is 2.11. The molecular weight excluding hydrogens is 283 g/mol. The van der Waals surface area contributed by atoms with E-state index >= 15 is 0 Å². The van der Waals surface area contributed by atoms with Crippen LogP contribution in [0.25, 0.3) is 0 Å². The van der Waals surface area contributed by atoms with E-state index in [1.54, 1.807) is 40.1 Å². The first kappa shape index (κ1) is 17.2. The van der Waals surface area contributed by atoms with Crippen molar-refractivity contribution in [2.45, 2.75) is 38.9 Å². The van der Waals surface area contributed by atoms with Crippen molar-refractivity contribution in [3.8, 4) is 0 Å². The van der Waals surface area contributed by atoms with Crippen LogP contribution in [0.5, 0.6) is 0 Å². The number of hydrogen-bond donors (Lipinski definition) is 2. The number of hydrogen-bond acceptors (Lipinski definition) is 6. The predicted molar refractivity (Wildman–Crippen MR) is 86.3 cm³/mol. The third-order valence-electron chi connectivity index (χ3n) is 4.29. The molecule has 0 atom stereocenters. The smallest absolute Gasteiger partial charge is 0.423 e. The van der Waals surface area contributed by atoms with Gasteiger partial charge in [0.05, 0.1) is 36.3 Å². The summed E-state index contributed by atoms with van der Waals surface area (Å²) in [5.74, 6) is 0. The Morgan fingerprint density at radius 3 is 2.45 bits per heavy atom. The van der Waals surface area contributed by atoms with Crippen LogP contribution in [0.3, 0.4) is 0 Å². The number of morpholine rings is 1. The molecule has 7 heteroatoms. The lowest BCUT2D eigenvalue weighted by Gasteiger charge is -2.38. The molecule has 2 N–H and O–H groups in total. The van der Waals surface area contributed by atoms with Crippen LogP contribution in [0.4, 0.5) is 5.69 Å². The monoisotopic (exact) mass is 308 g/mol. The lowest BCUT2D eigenvalue weighted by molar-refractivity contribution is -0.0982. The van der Waals surface area contributed by atoms with Crippen molar-refractivity contribution in [2.24, 2.45) is 0 Å². The van der Waals surface area contributed by atoms with Gasteiger partial charge in [0.15, 0.2) is 0 Å². The quantitative estimate of drug-likeness (QED) is 0.756. The van der Waals surface area contributed by atoms with E-state index in [-0.39, 0.29) is 0 Å². The second-order valence-corrected chi connectivity index (χ2v) is 6.62. The van der Waals surface area contributed by atoms with Gasteiger partial charge in [0.25, 0.3) is 0 Å². The second-order valence-electron chi connectivity index (χ2n) is 6.62. The highest BCUT2D eigenvalue weighted by atomic mass is 16.5. The van der Waals surface area contributed by atoms with E-state index in [1.165, 1.54) is 0 Å². The molecule has 2 rings (SSSR count). The Labute approximate surface area is 132 Å². The summed E-state index contributed by atoms with van der Waals surface area (Å²) in [5, 5.41) is 20.5. The summed E-state index contributed by atoms with van der Waals surface area (Å²) in [6.45, 7) is 9.79. The van der Waals surface area contributed by atoms with Gasteiger partial charge in [-0.3, -0.25) is 4.98 Å². The van der Waals surface area contributed by atoms with Crippen molar-refractivity contribution in [3.05, 3.63) is 18.5 Å². The molecule has 0 radical (unpaired) electrons. The number of rotatable bonds is 5. The van der Waals surface area contributed by atoms with Crippen molar-refractivity contribution in [3.63, 3.8) is 0 Å². The van der Waals surface area contributed by atoms with Crippen molar-refractivity contribution in [1.29, 1.82) is 0 Å². The number of nitrogens with zero attached hydrogens (tertiary/aromatic N) is 2. The number of anilines is 1. The zero-order chi connectivity index (χ0) is 16.4. The molecule has 122 valence electrons. The third-order valence-corrected chi connectivity index (χ3v) is 4.29. The molecule has 1 aliphatic heterocycles. The van der Waals surface area contributed by atoms with Crippen LogP contribution in [0.1, 0.15) is 27.7 Å². The summed E-state index contributed by atoms with van der Waals surface area (Å²) in [4.78, 5) is 6.35. The van der Waals surface area contributed by atoms with Gasteiger partial charge in [-0.05, 0) is 33.8 Å². The van der Waals surface area contributed by atoms with Crippen LogP contribution in [-0.2, 0) is 9.39 Å². The Bertz CT molecular complexity index is 499. The van der Waals surface area contributed by atoms with Gasteiger partial charge in [-0.15, -0.1) is 0 Å². The summed E-state index contributed by atoms with van der Waals surface area (Å²) in [6, 6.07) is 1.86. The molecule has 1 aromatic rings. The fraction of sp³-hybridized carbons (Fsp3) is 0.667. The molecule has 0 amide bonds. The molecule has 6 nitrogen and oxygen atoms in total. The van der Waals surface area contributed by atoms with Crippen LogP contribution in [0, 0.1) is 0 Å².